The predicted octanol–water partition coefficient (Wildman–Crippen LogP) is 5.80. The Kier molecular flexibility index (Phi) is 5.48. The summed E-state index contributed by atoms with van der Waals surface area (Å²) in [4.78, 5) is 12.1. The number of hydrogen-bond acceptors (Lipinski definition) is 5. The van der Waals surface area contributed by atoms with E-state index in [1.165, 1.54) is 0 Å². The van der Waals surface area contributed by atoms with Crippen molar-refractivity contribution in [2.45, 2.75) is 13.3 Å². The van der Waals surface area contributed by atoms with E-state index in [4.69, 9.17) is 4.98 Å². The van der Waals surface area contributed by atoms with Crippen LogP contribution in [-0.4, -0.2) is 38.4 Å². The topological polar surface area (TPSA) is 46.3 Å². The number of fused-ring (bicyclic) bond motifs is 2. The molecule has 0 fully saturated rings. The van der Waals surface area contributed by atoms with Gasteiger partial charge in [0.25, 0.3) is 0 Å². The molecule has 7 heteroatoms. The largest absolute Gasteiger partial charge is 0.355 e. The van der Waals surface area contributed by atoms with Crippen molar-refractivity contribution in [2.75, 3.05) is 23.7 Å². The zero-order chi connectivity index (χ0) is 20.5. The second kappa shape index (κ2) is 8.40. The zero-order valence-corrected chi connectivity index (χ0v) is 19.1. The highest BCUT2D eigenvalue weighted by molar-refractivity contribution is 9.10. The van der Waals surface area contributed by atoms with E-state index in [0.29, 0.717) is 5.92 Å². The lowest BCUT2D eigenvalue weighted by Gasteiger charge is -2.25. The number of hydrogen-bond donors (Lipinski definition) is 0. The zero-order valence-electron chi connectivity index (χ0n) is 16.7. The molecule has 1 unspecified atom stereocenters. The van der Waals surface area contributed by atoms with Crippen LogP contribution in [-0.2, 0) is 0 Å². The number of halogens is 1. The Bertz CT molecular complexity index is 1230. The fourth-order valence-electron chi connectivity index (χ4n) is 3.72. The van der Waals surface area contributed by atoms with Gasteiger partial charge in [-0.05, 0) is 45.8 Å². The van der Waals surface area contributed by atoms with E-state index in [-0.39, 0.29) is 0 Å². The number of pyridine rings is 1. The smallest absolute Gasteiger partial charge is 0.165 e. The molecule has 4 heterocycles. The average Bonchev–Trinajstić information content (AvgIpc) is 3.20. The van der Waals surface area contributed by atoms with Crippen LogP contribution in [0.2, 0.25) is 0 Å². The van der Waals surface area contributed by atoms with Gasteiger partial charge in [0, 0.05) is 47.7 Å². The highest BCUT2D eigenvalue weighted by Gasteiger charge is 2.18. The summed E-state index contributed by atoms with van der Waals surface area (Å²) in [5, 5.41) is 7.90. The van der Waals surface area contributed by atoms with Crippen molar-refractivity contribution < 1.29 is 0 Å². The Morgan fingerprint density at radius 3 is 3.00 bits per heavy atom. The number of benzene rings is 1. The van der Waals surface area contributed by atoms with Crippen LogP contribution in [0.25, 0.3) is 27.7 Å². The summed E-state index contributed by atoms with van der Waals surface area (Å²) in [6.07, 6.45) is 9.22. The molecule has 1 aliphatic rings. The molecule has 3 aromatic heterocycles. The van der Waals surface area contributed by atoms with Gasteiger partial charge in [-0.25, -0.2) is 9.50 Å². The highest BCUT2D eigenvalue weighted by Crippen LogP contribution is 2.31. The Morgan fingerprint density at radius 1 is 1.17 bits per heavy atom. The molecule has 4 aromatic rings. The Balaban J connectivity index is 1.56. The van der Waals surface area contributed by atoms with Crippen LogP contribution in [0.15, 0.2) is 64.9 Å². The minimum atomic E-state index is 0.565. The fourth-order valence-corrected chi connectivity index (χ4v) is 5.10. The van der Waals surface area contributed by atoms with Gasteiger partial charge in [0.15, 0.2) is 5.65 Å². The van der Waals surface area contributed by atoms with Gasteiger partial charge < -0.3 is 4.90 Å². The second-order valence-corrected chi connectivity index (χ2v) is 9.48. The van der Waals surface area contributed by atoms with Crippen LogP contribution in [0.4, 0.5) is 5.82 Å². The number of rotatable bonds is 2. The SMILES string of the molecule is CC1/C=C\SCCN(c2nc3c(-c4cnc5ccccc5c4)cnn3cc2Br)CC1. The van der Waals surface area contributed by atoms with E-state index in [0.717, 1.165) is 63.2 Å². The molecule has 1 atom stereocenters. The van der Waals surface area contributed by atoms with Crippen molar-refractivity contribution in [1.82, 2.24) is 19.6 Å². The molecule has 0 amide bonds. The molecule has 0 saturated carbocycles. The van der Waals surface area contributed by atoms with E-state index >= 15 is 0 Å². The molecular weight excluding hydrogens is 458 g/mol. The summed E-state index contributed by atoms with van der Waals surface area (Å²) in [7, 11) is 0. The van der Waals surface area contributed by atoms with Gasteiger partial charge in [-0.15, -0.1) is 11.8 Å². The molecule has 5 rings (SSSR count). The van der Waals surface area contributed by atoms with E-state index in [2.05, 4.69) is 61.5 Å². The molecule has 152 valence electrons. The molecule has 0 bridgehead atoms. The molecule has 30 heavy (non-hydrogen) atoms. The van der Waals surface area contributed by atoms with Crippen LogP contribution in [0.5, 0.6) is 0 Å². The first-order chi connectivity index (χ1) is 14.7. The predicted molar refractivity (Wildman–Crippen MR) is 129 cm³/mol. The van der Waals surface area contributed by atoms with E-state index in [1.54, 1.807) is 0 Å². The molecule has 0 radical (unpaired) electrons. The third-order valence-corrected chi connectivity index (χ3v) is 6.80. The van der Waals surface area contributed by atoms with Crippen LogP contribution in [0, 0.1) is 5.92 Å². The molecule has 0 aliphatic carbocycles. The molecule has 0 saturated heterocycles. The highest BCUT2D eigenvalue weighted by atomic mass is 79.9. The van der Waals surface area contributed by atoms with E-state index in [1.807, 2.05) is 53.1 Å². The number of anilines is 1. The summed E-state index contributed by atoms with van der Waals surface area (Å²) < 4.78 is 2.80. The maximum Gasteiger partial charge on any atom is 0.165 e. The average molecular weight is 480 g/mol. The normalized spacial score (nSPS) is 18.9. The molecule has 5 nitrogen and oxygen atoms in total. The summed E-state index contributed by atoms with van der Waals surface area (Å²) in [6.45, 7) is 4.22. The van der Waals surface area contributed by atoms with E-state index < -0.39 is 0 Å². The van der Waals surface area contributed by atoms with Gasteiger partial charge in [-0.1, -0.05) is 31.2 Å². The van der Waals surface area contributed by atoms with Crippen molar-refractivity contribution >= 4 is 50.1 Å². The van der Waals surface area contributed by atoms with Crippen LogP contribution < -0.4 is 4.90 Å². The number of aromatic nitrogens is 4. The standard InChI is InChI=1S/C23H22BrN5S/c1-16-6-8-28(9-11-30-10-7-16)23-20(24)15-29-22(27-23)19(14-26-29)18-12-17-4-2-3-5-21(17)25-13-18/h2-5,7,10,12-16H,6,8-9,11H2,1H3/b10-7-. The molecule has 0 N–H and O–H groups in total. The number of para-hydroxylation sites is 1. The summed E-state index contributed by atoms with van der Waals surface area (Å²) in [5.41, 5.74) is 3.87. The van der Waals surface area contributed by atoms with Crippen LogP contribution in [0.3, 0.4) is 0 Å². The Morgan fingerprint density at radius 2 is 2.07 bits per heavy atom. The maximum absolute atomic E-state index is 5.06. The first-order valence-corrected chi connectivity index (χ1v) is 12.0. The van der Waals surface area contributed by atoms with Gasteiger partial charge in [-0.2, -0.15) is 5.10 Å². The van der Waals surface area contributed by atoms with Gasteiger partial charge in [-0.3, -0.25) is 4.98 Å². The Hall–Kier alpha value is -2.38. The number of allylic oxidation sites excluding steroid dienone is 1. The summed E-state index contributed by atoms with van der Waals surface area (Å²) in [6, 6.07) is 10.3. The lowest BCUT2D eigenvalue weighted by Crippen LogP contribution is -2.29. The molecule has 1 aromatic carbocycles. The summed E-state index contributed by atoms with van der Waals surface area (Å²) >= 11 is 5.60. The fraction of sp³-hybridized carbons (Fsp3) is 0.261. The first kappa shape index (κ1) is 19.6. The molecular formula is C23H22BrN5S. The van der Waals surface area contributed by atoms with Gasteiger partial charge in [0.05, 0.1) is 16.2 Å². The van der Waals surface area contributed by atoms with Crippen LogP contribution in [0.1, 0.15) is 13.3 Å². The quantitative estimate of drug-likeness (QED) is 0.363. The molecule has 0 spiro atoms. The minimum absolute atomic E-state index is 0.565. The first-order valence-electron chi connectivity index (χ1n) is 10.1. The van der Waals surface area contributed by atoms with Crippen LogP contribution >= 0.6 is 27.7 Å². The van der Waals surface area contributed by atoms with E-state index in [9.17, 15) is 0 Å². The van der Waals surface area contributed by atoms with Gasteiger partial charge >= 0.3 is 0 Å². The van der Waals surface area contributed by atoms with Crippen molar-refractivity contribution in [3.63, 3.8) is 0 Å². The van der Waals surface area contributed by atoms with Crippen molar-refractivity contribution in [2.24, 2.45) is 5.92 Å². The second-order valence-electron chi connectivity index (χ2n) is 7.61. The van der Waals surface area contributed by atoms with Crippen molar-refractivity contribution in [3.05, 3.63) is 64.9 Å². The number of thioether (sulfide) groups is 1. The van der Waals surface area contributed by atoms with Gasteiger partial charge in [0.1, 0.15) is 5.82 Å². The third-order valence-electron chi connectivity index (χ3n) is 5.47. The maximum atomic E-state index is 5.06. The van der Waals surface area contributed by atoms with Gasteiger partial charge in [0.2, 0.25) is 0 Å². The third kappa shape index (κ3) is 3.84. The lowest BCUT2D eigenvalue weighted by molar-refractivity contribution is 0.627. The van der Waals surface area contributed by atoms with Crippen molar-refractivity contribution in [1.29, 1.82) is 0 Å². The Labute approximate surface area is 188 Å². The monoisotopic (exact) mass is 479 g/mol. The molecule has 1 aliphatic heterocycles. The summed E-state index contributed by atoms with van der Waals surface area (Å²) in [5.74, 6) is 2.59. The van der Waals surface area contributed by atoms with Crippen molar-refractivity contribution in [3.8, 4) is 11.1 Å². The lowest BCUT2D eigenvalue weighted by atomic mass is 10.1. The number of nitrogens with zero attached hydrogens (tertiary/aromatic N) is 5. The minimum Gasteiger partial charge on any atom is -0.355 e.